The summed E-state index contributed by atoms with van der Waals surface area (Å²) in [6.45, 7) is 1.67. The summed E-state index contributed by atoms with van der Waals surface area (Å²) < 4.78 is 26.5. The van der Waals surface area contributed by atoms with Crippen LogP contribution in [0.2, 0.25) is 5.02 Å². The number of aryl methyl sites for hydroxylation is 1. The number of nitrogens with zero attached hydrogens (tertiary/aromatic N) is 1. The molecule has 0 aliphatic rings. The van der Waals surface area contributed by atoms with Crippen molar-refractivity contribution in [1.82, 2.24) is 4.98 Å². The van der Waals surface area contributed by atoms with Gasteiger partial charge in [-0.3, -0.25) is 9.78 Å². The SMILES string of the molecule is Cc1nccc(NC(=O)c2cccc(F)c2F)c1Cl. The molecular formula is C13H9ClF2N2O. The second kappa shape index (κ2) is 5.32. The van der Waals surface area contributed by atoms with E-state index in [4.69, 9.17) is 11.6 Å². The van der Waals surface area contributed by atoms with Crippen LogP contribution in [0, 0.1) is 18.6 Å². The van der Waals surface area contributed by atoms with E-state index >= 15 is 0 Å². The molecule has 0 aliphatic carbocycles. The molecule has 1 amide bonds. The minimum atomic E-state index is -1.19. The van der Waals surface area contributed by atoms with Gasteiger partial charge in [-0.15, -0.1) is 0 Å². The number of amides is 1. The molecule has 0 saturated heterocycles. The van der Waals surface area contributed by atoms with Crippen LogP contribution in [0.5, 0.6) is 0 Å². The van der Waals surface area contributed by atoms with Gasteiger partial charge in [0.05, 0.1) is 22.0 Å². The second-order valence-electron chi connectivity index (χ2n) is 3.81. The fraction of sp³-hybridized carbons (Fsp3) is 0.0769. The van der Waals surface area contributed by atoms with Gasteiger partial charge in [-0.2, -0.15) is 0 Å². The predicted molar refractivity (Wildman–Crippen MR) is 68.3 cm³/mol. The summed E-state index contributed by atoms with van der Waals surface area (Å²) in [6.07, 6.45) is 1.46. The molecule has 3 nitrogen and oxygen atoms in total. The number of hydrogen-bond donors (Lipinski definition) is 1. The molecule has 1 aromatic heterocycles. The normalized spacial score (nSPS) is 10.3. The molecule has 98 valence electrons. The number of benzene rings is 1. The van der Waals surface area contributed by atoms with Crippen LogP contribution < -0.4 is 5.32 Å². The van der Waals surface area contributed by atoms with Crippen molar-refractivity contribution in [3.63, 3.8) is 0 Å². The molecule has 0 unspecified atom stereocenters. The fourth-order valence-electron chi connectivity index (χ4n) is 1.51. The Bertz CT molecular complexity index is 647. The van der Waals surface area contributed by atoms with Gasteiger partial charge in [-0.25, -0.2) is 8.78 Å². The van der Waals surface area contributed by atoms with Crippen LogP contribution in [-0.2, 0) is 0 Å². The number of halogens is 3. The second-order valence-corrected chi connectivity index (χ2v) is 4.19. The number of nitrogens with one attached hydrogen (secondary N) is 1. The molecule has 0 saturated carbocycles. The van der Waals surface area contributed by atoms with Gasteiger partial charge in [-0.1, -0.05) is 17.7 Å². The van der Waals surface area contributed by atoms with Crippen molar-refractivity contribution in [2.45, 2.75) is 6.92 Å². The van der Waals surface area contributed by atoms with Crippen molar-refractivity contribution in [3.05, 3.63) is 58.4 Å². The van der Waals surface area contributed by atoms with Gasteiger partial charge in [0, 0.05) is 6.20 Å². The molecule has 0 fully saturated rings. The van der Waals surface area contributed by atoms with E-state index in [1.54, 1.807) is 6.92 Å². The van der Waals surface area contributed by atoms with E-state index < -0.39 is 17.5 Å². The van der Waals surface area contributed by atoms with E-state index in [0.717, 1.165) is 6.07 Å². The smallest absolute Gasteiger partial charge is 0.258 e. The lowest BCUT2D eigenvalue weighted by Crippen LogP contribution is -2.15. The first-order valence-electron chi connectivity index (χ1n) is 5.37. The molecule has 0 bridgehead atoms. The Morgan fingerprint density at radius 3 is 2.79 bits per heavy atom. The largest absolute Gasteiger partial charge is 0.320 e. The van der Waals surface area contributed by atoms with Gasteiger partial charge in [0.2, 0.25) is 0 Å². The lowest BCUT2D eigenvalue weighted by molar-refractivity contribution is 0.102. The highest BCUT2D eigenvalue weighted by molar-refractivity contribution is 6.34. The van der Waals surface area contributed by atoms with Crippen molar-refractivity contribution >= 4 is 23.2 Å². The highest BCUT2D eigenvalue weighted by atomic mass is 35.5. The number of rotatable bonds is 2. The number of pyridine rings is 1. The topological polar surface area (TPSA) is 42.0 Å². The summed E-state index contributed by atoms with van der Waals surface area (Å²) in [6, 6.07) is 4.86. The monoisotopic (exact) mass is 282 g/mol. The molecule has 0 atom stereocenters. The Morgan fingerprint density at radius 1 is 1.32 bits per heavy atom. The van der Waals surface area contributed by atoms with E-state index in [9.17, 15) is 13.6 Å². The lowest BCUT2D eigenvalue weighted by atomic mass is 10.2. The highest BCUT2D eigenvalue weighted by Crippen LogP contribution is 2.24. The van der Waals surface area contributed by atoms with Crippen LogP contribution in [-0.4, -0.2) is 10.9 Å². The number of hydrogen-bond acceptors (Lipinski definition) is 2. The lowest BCUT2D eigenvalue weighted by Gasteiger charge is -2.09. The molecule has 2 rings (SSSR count). The number of carbonyl (C=O) groups excluding carboxylic acids is 1. The maximum atomic E-state index is 13.5. The van der Waals surface area contributed by atoms with E-state index in [-0.39, 0.29) is 10.6 Å². The van der Waals surface area contributed by atoms with Gasteiger partial charge in [0.15, 0.2) is 11.6 Å². The molecule has 1 N–H and O–H groups in total. The summed E-state index contributed by atoms with van der Waals surface area (Å²) in [4.78, 5) is 15.8. The minimum Gasteiger partial charge on any atom is -0.320 e. The van der Waals surface area contributed by atoms with Crippen LogP contribution in [0.25, 0.3) is 0 Å². The van der Waals surface area contributed by atoms with Crippen LogP contribution in [0.15, 0.2) is 30.5 Å². The third kappa shape index (κ3) is 2.71. The first kappa shape index (κ1) is 13.4. The van der Waals surface area contributed by atoms with Crippen LogP contribution in [0.1, 0.15) is 16.1 Å². The van der Waals surface area contributed by atoms with Crippen molar-refractivity contribution in [2.75, 3.05) is 5.32 Å². The quantitative estimate of drug-likeness (QED) is 0.915. The molecule has 0 spiro atoms. The zero-order valence-electron chi connectivity index (χ0n) is 9.88. The van der Waals surface area contributed by atoms with E-state index in [1.807, 2.05) is 0 Å². The number of aromatic nitrogens is 1. The third-order valence-corrected chi connectivity index (χ3v) is 2.99. The van der Waals surface area contributed by atoms with Crippen molar-refractivity contribution < 1.29 is 13.6 Å². The summed E-state index contributed by atoms with van der Waals surface area (Å²) in [5.41, 5.74) is 0.438. The van der Waals surface area contributed by atoms with E-state index in [2.05, 4.69) is 10.3 Å². The Kier molecular flexibility index (Phi) is 3.76. The summed E-state index contributed by atoms with van der Waals surface area (Å²) in [5, 5.41) is 2.67. The first-order chi connectivity index (χ1) is 9.00. The third-order valence-electron chi connectivity index (χ3n) is 2.51. The van der Waals surface area contributed by atoms with Crippen molar-refractivity contribution in [1.29, 1.82) is 0 Å². The Morgan fingerprint density at radius 2 is 2.05 bits per heavy atom. The molecule has 6 heteroatoms. The Hall–Kier alpha value is -2.01. The maximum absolute atomic E-state index is 13.5. The van der Waals surface area contributed by atoms with Gasteiger partial charge in [-0.05, 0) is 25.1 Å². The average Bonchev–Trinajstić information content (AvgIpc) is 2.38. The molecule has 2 aromatic rings. The average molecular weight is 283 g/mol. The van der Waals surface area contributed by atoms with Crippen LogP contribution in [0.4, 0.5) is 14.5 Å². The predicted octanol–water partition coefficient (Wildman–Crippen LogP) is 3.57. The van der Waals surface area contributed by atoms with Gasteiger partial charge in [0.1, 0.15) is 0 Å². The van der Waals surface area contributed by atoms with Crippen molar-refractivity contribution in [2.24, 2.45) is 0 Å². The standard InChI is InChI=1S/C13H9ClF2N2O/c1-7-11(14)10(5-6-17-7)18-13(19)8-3-2-4-9(15)12(8)16/h2-6H,1H3,(H,17,18,19). The highest BCUT2D eigenvalue weighted by Gasteiger charge is 2.16. The minimum absolute atomic E-state index is 0.257. The van der Waals surface area contributed by atoms with E-state index in [0.29, 0.717) is 11.4 Å². The summed E-state index contributed by atoms with van der Waals surface area (Å²) in [7, 11) is 0. The molecule has 0 aliphatic heterocycles. The number of carbonyl (C=O) groups is 1. The van der Waals surface area contributed by atoms with Gasteiger partial charge in [0.25, 0.3) is 5.91 Å². The Balaban J connectivity index is 2.31. The molecule has 1 aromatic carbocycles. The fourth-order valence-corrected chi connectivity index (χ4v) is 1.67. The molecule has 19 heavy (non-hydrogen) atoms. The van der Waals surface area contributed by atoms with Crippen LogP contribution >= 0.6 is 11.6 Å². The zero-order chi connectivity index (χ0) is 14.0. The molecular weight excluding hydrogens is 274 g/mol. The van der Waals surface area contributed by atoms with Crippen LogP contribution in [0.3, 0.4) is 0 Å². The molecule has 0 radical (unpaired) electrons. The molecule has 1 heterocycles. The first-order valence-corrected chi connectivity index (χ1v) is 5.75. The maximum Gasteiger partial charge on any atom is 0.258 e. The summed E-state index contributed by atoms with van der Waals surface area (Å²) >= 11 is 5.95. The van der Waals surface area contributed by atoms with Gasteiger partial charge < -0.3 is 5.32 Å². The van der Waals surface area contributed by atoms with Crippen molar-refractivity contribution in [3.8, 4) is 0 Å². The van der Waals surface area contributed by atoms with Gasteiger partial charge >= 0.3 is 0 Å². The number of anilines is 1. The summed E-state index contributed by atoms with van der Waals surface area (Å²) in [5.74, 6) is -3.05. The Labute approximate surface area is 113 Å². The van der Waals surface area contributed by atoms with E-state index in [1.165, 1.54) is 24.4 Å². The zero-order valence-corrected chi connectivity index (χ0v) is 10.6.